The number of furan rings is 1. The summed E-state index contributed by atoms with van der Waals surface area (Å²) in [5.41, 5.74) is 0.934. The Kier molecular flexibility index (Phi) is 3.64. The molecule has 2 aromatic rings. The van der Waals surface area contributed by atoms with Crippen LogP contribution in [-0.4, -0.2) is 24.8 Å². The van der Waals surface area contributed by atoms with Gasteiger partial charge in [0.15, 0.2) is 0 Å². The average molecular weight is 277 g/mol. The second-order valence-corrected chi connectivity index (χ2v) is 5.93. The molecule has 0 N–H and O–H groups in total. The molecule has 7 heteroatoms. The molecule has 6 nitrogen and oxygen atoms in total. The summed E-state index contributed by atoms with van der Waals surface area (Å²) in [5, 5.41) is 8.63. The predicted octanol–water partition coefficient (Wildman–Crippen LogP) is 1.37. The number of hydrogen-bond acceptors (Lipinski definition) is 5. The van der Waals surface area contributed by atoms with Crippen LogP contribution in [0.1, 0.15) is 11.3 Å². The van der Waals surface area contributed by atoms with Crippen molar-refractivity contribution in [1.29, 1.82) is 5.26 Å². The summed E-state index contributed by atoms with van der Waals surface area (Å²) in [6.45, 7) is 0.207. The van der Waals surface area contributed by atoms with Gasteiger partial charge in [-0.2, -0.15) is 9.57 Å². The summed E-state index contributed by atoms with van der Waals surface area (Å²) in [6, 6.07) is 6.28. The summed E-state index contributed by atoms with van der Waals surface area (Å²) < 4.78 is 30.6. The molecule has 0 radical (unpaired) electrons. The molecule has 19 heavy (non-hydrogen) atoms. The van der Waals surface area contributed by atoms with Crippen LogP contribution >= 0.6 is 0 Å². The van der Waals surface area contributed by atoms with E-state index in [9.17, 15) is 8.42 Å². The third-order valence-electron chi connectivity index (χ3n) is 2.54. The lowest BCUT2D eigenvalue weighted by molar-refractivity contribution is 0.463. The van der Waals surface area contributed by atoms with Crippen molar-refractivity contribution in [2.24, 2.45) is 0 Å². The minimum absolute atomic E-state index is 0.0532. The van der Waals surface area contributed by atoms with Crippen molar-refractivity contribution < 1.29 is 12.8 Å². The van der Waals surface area contributed by atoms with E-state index in [2.05, 4.69) is 4.98 Å². The minimum Gasteiger partial charge on any atom is -0.472 e. The van der Waals surface area contributed by atoms with Crippen LogP contribution in [0.15, 0.2) is 46.2 Å². The quantitative estimate of drug-likeness (QED) is 0.842. The second kappa shape index (κ2) is 5.22. The molecule has 0 aliphatic rings. The zero-order valence-electron chi connectivity index (χ0n) is 10.1. The van der Waals surface area contributed by atoms with Crippen molar-refractivity contribution in [3.8, 4) is 6.07 Å². The number of sulfonamides is 1. The molecule has 0 saturated heterocycles. The maximum absolute atomic E-state index is 12.2. The van der Waals surface area contributed by atoms with Crippen LogP contribution in [0.25, 0.3) is 0 Å². The first-order valence-corrected chi connectivity index (χ1v) is 6.81. The lowest BCUT2D eigenvalue weighted by atomic mass is 10.3. The Morgan fingerprint density at radius 3 is 2.74 bits per heavy atom. The van der Waals surface area contributed by atoms with E-state index in [0.717, 1.165) is 5.56 Å². The molecular formula is C12H11N3O3S. The van der Waals surface area contributed by atoms with Gasteiger partial charge in [-0.3, -0.25) is 0 Å². The van der Waals surface area contributed by atoms with E-state index in [1.807, 2.05) is 6.07 Å². The number of nitrogens with zero attached hydrogens (tertiary/aromatic N) is 3. The number of nitriles is 1. The maximum atomic E-state index is 12.2. The van der Waals surface area contributed by atoms with Crippen LogP contribution < -0.4 is 0 Å². The molecular weight excluding hydrogens is 266 g/mol. The van der Waals surface area contributed by atoms with Crippen LogP contribution in [0, 0.1) is 11.3 Å². The molecule has 2 heterocycles. The fraction of sp³-hybridized carbons (Fsp3) is 0.167. The number of aromatic nitrogens is 1. The lowest BCUT2D eigenvalue weighted by Gasteiger charge is -2.15. The molecule has 0 saturated carbocycles. The van der Waals surface area contributed by atoms with Crippen molar-refractivity contribution >= 4 is 10.0 Å². The van der Waals surface area contributed by atoms with Gasteiger partial charge in [0.1, 0.15) is 16.7 Å². The van der Waals surface area contributed by atoms with Crippen LogP contribution in [0.2, 0.25) is 0 Å². The SMILES string of the molecule is CN(Cc1ccoc1)S(=O)(=O)c1ccc(C#N)nc1. The van der Waals surface area contributed by atoms with Crippen LogP contribution in [-0.2, 0) is 16.6 Å². The van der Waals surface area contributed by atoms with E-state index in [1.165, 1.54) is 42.2 Å². The molecule has 98 valence electrons. The van der Waals surface area contributed by atoms with E-state index in [1.54, 1.807) is 6.07 Å². The molecule has 0 spiro atoms. The van der Waals surface area contributed by atoms with Crippen molar-refractivity contribution in [2.75, 3.05) is 7.05 Å². The molecule has 0 aliphatic heterocycles. The van der Waals surface area contributed by atoms with Gasteiger partial charge < -0.3 is 4.42 Å². The Bertz CT molecular complexity index is 685. The third kappa shape index (κ3) is 2.81. The van der Waals surface area contributed by atoms with Crippen LogP contribution in [0.4, 0.5) is 0 Å². The Balaban J connectivity index is 2.23. The fourth-order valence-electron chi connectivity index (χ4n) is 1.50. The van der Waals surface area contributed by atoms with Gasteiger partial charge in [-0.1, -0.05) is 0 Å². The van der Waals surface area contributed by atoms with Gasteiger partial charge in [0.25, 0.3) is 0 Å². The van der Waals surface area contributed by atoms with Gasteiger partial charge in [-0.25, -0.2) is 13.4 Å². The fourth-order valence-corrected chi connectivity index (χ4v) is 2.61. The van der Waals surface area contributed by atoms with Crippen LogP contribution in [0.3, 0.4) is 0 Å². The standard InChI is InChI=1S/C12H11N3O3S/c1-15(8-10-4-5-18-9-10)19(16,17)12-3-2-11(6-13)14-7-12/h2-5,7,9H,8H2,1H3. The Morgan fingerprint density at radius 1 is 1.42 bits per heavy atom. The number of pyridine rings is 1. The summed E-state index contributed by atoms with van der Waals surface area (Å²) in [6.07, 6.45) is 4.15. The summed E-state index contributed by atoms with van der Waals surface area (Å²) in [5.74, 6) is 0. The lowest BCUT2D eigenvalue weighted by Crippen LogP contribution is -2.26. The predicted molar refractivity (Wildman–Crippen MR) is 66.3 cm³/mol. The average Bonchev–Trinajstić information content (AvgIpc) is 2.91. The first-order valence-electron chi connectivity index (χ1n) is 5.37. The van der Waals surface area contributed by atoms with Gasteiger partial charge in [0, 0.05) is 25.4 Å². The number of hydrogen-bond donors (Lipinski definition) is 0. The Morgan fingerprint density at radius 2 is 2.21 bits per heavy atom. The van der Waals surface area contributed by atoms with E-state index in [-0.39, 0.29) is 17.1 Å². The van der Waals surface area contributed by atoms with Gasteiger partial charge in [-0.05, 0) is 18.2 Å². The molecule has 0 aromatic carbocycles. The van der Waals surface area contributed by atoms with Crippen LogP contribution in [0.5, 0.6) is 0 Å². The molecule has 2 rings (SSSR count). The third-order valence-corrected chi connectivity index (χ3v) is 4.33. The van der Waals surface area contributed by atoms with Gasteiger partial charge in [0.05, 0.1) is 12.5 Å². The first kappa shape index (κ1) is 13.3. The van der Waals surface area contributed by atoms with Gasteiger partial charge in [-0.15, -0.1) is 0 Å². The van der Waals surface area contributed by atoms with E-state index >= 15 is 0 Å². The highest BCUT2D eigenvalue weighted by Gasteiger charge is 2.21. The van der Waals surface area contributed by atoms with E-state index in [4.69, 9.17) is 9.68 Å². The Hall–Kier alpha value is -2.17. The zero-order chi connectivity index (χ0) is 13.9. The topological polar surface area (TPSA) is 87.2 Å². The van der Waals surface area contributed by atoms with Crippen molar-refractivity contribution in [3.63, 3.8) is 0 Å². The van der Waals surface area contributed by atoms with Crippen molar-refractivity contribution in [2.45, 2.75) is 11.4 Å². The van der Waals surface area contributed by atoms with Gasteiger partial charge in [0.2, 0.25) is 10.0 Å². The van der Waals surface area contributed by atoms with E-state index in [0.29, 0.717) is 0 Å². The monoisotopic (exact) mass is 277 g/mol. The minimum atomic E-state index is -3.62. The maximum Gasteiger partial charge on any atom is 0.244 e. The molecule has 0 aliphatic carbocycles. The smallest absolute Gasteiger partial charge is 0.244 e. The number of rotatable bonds is 4. The summed E-state index contributed by atoms with van der Waals surface area (Å²) in [4.78, 5) is 3.81. The second-order valence-electron chi connectivity index (χ2n) is 3.88. The molecule has 0 atom stereocenters. The van der Waals surface area contributed by atoms with Crippen molar-refractivity contribution in [1.82, 2.24) is 9.29 Å². The molecule has 0 bridgehead atoms. The molecule has 0 fully saturated rings. The van der Waals surface area contributed by atoms with E-state index < -0.39 is 10.0 Å². The zero-order valence-corrected chi connectivity index (χ0v) is 11.0. The molecule has 0 amide bonds. The summed E-state index contributed by atoms with van der Waals surface area (Å²) >= 11 is 0. The highest BCUT2D eigenvalue weighted by atomic mass is 32.2. The Labute approximate surface area is 111 Å². The van der Waals surface area contributed by atoms with Gasteiger partial charge >= 0.3 is 0 Å². The largest absolute Gasteiger partial charge is 0.472 e. The van der Waals surface area contributed by atoms with Crippen molar-refractivity contribution in [3.05, 3.63) is 48.2 Å². The normalized spacial score (nSPS) is 11.4. The summed E-state index contributed by atoms with van der Waals surface area (Å²) in [7, 11) is -2.15. The first-order chi connectivity index (χ1) is 9.04. The molecule has 2 aromatic heterocycles. The molecule has 0 unspecified atom stereocenters. The highest BCUT2D eigenvalue weighted by molar-refractivity contribution is 7.89. The highest BCUT2D eigenvalue weighted by Crippen LogP contribution is 2.16.